The minimum absolute atomic E-state index is 0.00411. The molecule has 1 saturated heterocycles. The maximum atomic E-state index is 9.90. The zero-order chi connectivity index (χ0) is 16.1. The van der Waals surface area contributed by atoms with Gasteiger partial charge in [-0.25, -0.2) is 4.99 Å². The first-order chi connectivity index (χ1) is 10.5. The number of phenols is 1. The Morgan fingerprint density at radius 2 is 2.00 bits per heavy atom. The number of piperidine rings is 1. The van der Waals surface area contributed by atoms with Crippen molar-refractivity contribution in [1.82, 2.24) is 4.90 Å². The van der Waals surface area contributed by atoms with Crippen LogP contribution in [-0.4, -0.2) is 43.3 Å². The van der Waals surface area contributed by atoms with Gasteiger partial charge in [0, 0.05) is 13.1 Å². The normalized spacial score (nSPS) is 19.1. The fraction of sp³-hybridized carbons (Fsp3) is 0.562. The Morgan fingerprint density at radius 1 is 1.36 bits per heavy atom. The highest BCUT2D eigenvalue weighted by atomic mass is 16.5. The molecule has 1 unspecified atom stereocenters. The second kappa shape index (κ2) is 7.24. The van der Waals surface area contributed by atoms with Crippen LogP contribution in [0.2, 0.25) is 0 Å². The van der Waals surface area contributed by atoms with Crippen LogP contribution in [0.3, 0.4) is 0 Å². The lowest BCUT2D eigenvalue weighted by molar-refractivity contribution is 0.270. The van der Waals surface area contributed by atoms with E-state index in [2.05, 4.69) is 16.8 Å². The van der Waals surface area contributed by atoms with Gasteiger partial charge in [0.25, 0.3) is 0 Å². The minimum Gasteiger partial charge on any atom is -0.502 e. The molecule has 1 aliphatic heterocycles. The average Bonchev–Trinajstić information content (AvgIpc) is 2.53. The summed E-state index contributed by atoms with van der Waals surface area (Å²) in [6, 6.07) is 3.49. The Hall–Kier alpha value is -2.11. The number of rotatable bonds is 4. The maximum absolute atomic E-state index is 9.90. The van der Waals surface area contributed by atoms with E-state index >= 15 is 0 Å². The number of ether oxygens (including phenoxy) is 2. The first kappa shape index (κ1) is 16.3. The molecule has 1 aromatic rings. The van der Waals surface area contributed by atoms with E-state index in [1.165, 1.54) is 20.6 Å². The smallest absolute Gasteiger partial charge is 0.200 e. The molecule has 6 heteroatoms. The van der Waals surface area contributed by atoms with Crippen LogP contribution >= 0.6 is 0 Å². The van der Waals surface area contributed by atoms with Gasteiger partial charge in [0.15, 0.2) is 17.5 Å². The molecule has 122 valence electrons. The average molecular weight is 307 g/mol. The quantitative estimate of drug-likeness (QED) is 0.656. The Balaban J connectivity index is 2.11. The zero-order valence-electron chi connectivity index (χ0n) is 13.5. The predicted octanol–water partition coefficient (Wildman–Crippen LogP) is 1.96. The van der Waals surface area contributed by atoms with Gasteiger partial charge < -0.3 is 25.2 Å². The molecule has 6 nitrogen and oxygen atoms in total. The van der Waals surface area contributed by atoms with E-state index in [1.54, 1.807) is 12.1 Å². The molecule has 0 aromatic heterocycles. The molecule has 2 rings (SSSR count). The molecule has 0 radical (unpaired) electrons. The molecule has 1 aromatic carbocycles. The number of nitrogens with two attached hydrogens (primary N) is 1. The summed E-state index contributed by atoms with van der Waals surface area (Å²) < 4.78 is 10.3. The van der Waals surface area contributed by atoms with Crippen LogP contribution in [-0.2, 0) is 6.54 Å². The number of methoxy groups -OCH3 is 2. The minimum atomic E-state index is -0.00411. The van der Waals surface area contributed by atoms with Crippen LogP contribution in [0.5, 0.6) is 17.2 Å². The van der Waals surface area contributed by atoms with E-state index in [1.807, 2.05) is 0 Å². The van der Waals surface area contributed by atoms with Crippen molar-refractivity contribution in [3.8, 4) is 17.2 Å². The molecule has 0 aliphatic carbocycles. The first-order valence-electron chi connectivity index (χ1n) is 7.54. The fourth-order valence-corrected chi connectivity index (χ4v) is 2.71. The van der Waals surface area contributed by atoms with Crippen molar-refractivity contribution in [2.45, 2.75) is 26.3 Å². The van der Waals surface area contributed by atoms with Crippen LogP contribution in [0, 0.1) is 5.92 Å². The van der Waals surface area contributed by atoms with Crippen LogP contribution in [0.25, 0.3) is 0 Å². The van der Waals surface area contributed by atoms with Crippen LogP contribution < -0.4 is 15.2 Å². The van der Waals surface area contributed by atoms with Crippen molar-refractivity contribution in [3.05, 3.63) is 17.7 Å². The van der Waals surface area contributed by atoms with Crippen molar-refractivity contribution in [1.29, 1.82) is 0 Å². The number of guanidine groups is 1. The number of aromatic hydroxyl groups is 1. The summed E-state index contributed by atoms with van der Waals surface area (Å²) in [4.78, 5) is 6.59. The Bertz CT molecular complexity index is 520. The predicted molar refractivity (Wildman–Crippen MR) is 86.5 cm³/mol. The Kier molecular flexibility index (Phi) is 5.35. The van der Waals surface area contributed by atoms with Crippen LogP contribution in [0.1, 0.15) is 25.3 Å². The number of phenolic OH excluding ortho intramolecular Hbond substituents is 1. The van der Waals surface area contributed by atoms with Crippen LogP contribution in [0.4, 0.5) is 0 Å². The molecule has 1 fully saturated rings. The third-order valence-electron chi connectivity index (χ3n) is 3.94. The van der Waals surface area contributed by atoms with E-state index in [-0.39, 0.29) is 5.75 Å². The summed E-state index contributed by atoms with van der Waals surface area (Å²) in [5, 5.41) is 9.90. The maximum Gasteiger partial charge on any atom is 0.200 e. The van der Waals surface area contributed by atoms with Gasteiger partial charge in [0.2, 0.25) is 5.75 Å². The number of benzene rings is 1. The largest absolute Gasteiger partial charge is 0.502 e. The van der Waals surface area contributed by atoms with Crippen molar-refractivity contribution in [2.75, 3.05) is 27.3 Å². The lowest BCUT2D eigenvalue weighted by Crippen LogP contribution is -2.43. The van der Waals surface area contributed by atoms with Crippen molar-refractivity contribution in [3.63, 3.8) is 0 Å². The number of hydrogen-bond donors (Lipinski definition) is 2. The molecular weight excluding hydrogens is 282 g/mol. The standard InChI is InChI=1S/C16H25N3O3/c1-11-5-4-6-19(10-11)16(17)18-9-12-7-13(21-2)15(20)14(8-12)22-3/h7-8,11,20H,4-6,9-10H2,1-3H3,(H2,17,18). The van der Waals surface area contributed by atoms with Crippen molar-refractivity contribution < 1.29 is 14.6 Å². The van der Waals surface area contributed by atoms with Gasteiger partial charge in [-0.2, -0.15) is 0 Å². The summed E-state index contributed by atoms with van der Waals surface area (Å²) in [5.74, 6) is 1.95. The summed E-state index contributed by atoms with van der Waals surface area (Å²) in [6.45, 7) is 4.57. The first-order valence-corrected chi connectivity index (χ1v) is 7.54. The van der Waals surface area contributed by atoms with Gasteiger partial charge >= 0.3 is 0 Å². The molecule has 0 saturated carbocycles. The van der Waals surface area contributed by atoms with Gasteiger partial charge in [-0.3, -0.25) is 0 Å². The van der Waals surface area contributed by atoms with E-state index in [9.17, 15) is 5.11 Å². The summed E-state index contributed by atoms with van der Waals surface area (Å²) in [7, 11) is 3.01. The number of likely N-dealkylation sites (tertiary alicyclic amines) is 1. The Morgan fingerprint density at radius 3 is 2.55 bits per heavy atom. The zero-order valence-corrected chi connectivity index (χ0v) is 13.5. The lowest BCUT2D eigenvalue weighted by atomic mass is 10.0. The SMILES string of the molecule is COc1cc(CN=C(N)N2CCCC(C)C2)cc(OC)c1O. The van der Waals surface area contributed by atoms with E-state index in [0.717, 1.165) is 25.1 Å². The van der Waals surface area contributed by atoms with Crippen molar-refractivity contribution >= 4 is 5.96 Å². The van der Waals surface area contributed by atoms with E-state index < -0.39 is 0 Å². The van der Waals surface area contributed by atoms with Gasteiger partial charge in [-0.15, -0.1) is 0 Å². The molecule has 0 spiro atoms. The molecular formula is C16H25N3O3. The van der Waals surface area contributed by atoms with Gasteiger partial charge in [0.05, 0.1) is 20.8 Å². The van der Waals surface area contributed by atoms with Gasteiger partial charge in [-0.1, -0.05) is 6.92 Å². The summed E-state index contributed by atoms with van der Waals surface area (Å²) >= 11 is 0. The second-order valence-electron chi connectivity index (χ2n) is 5.72. The Labute approximate surface area is 131 Å². The topological polar surface area (TPSA) is 80.3 Å². The number of nitrogens with zero attached hydrogens (tertiary/aromatic N) is 2. The fourth-order valence-electron chi connectivity index (χ4n) is 2.71. The summed E-state index contributed by atoms with van der Waals surface area (Å²) in [6.07, 6.45) is 2.40. The molecule has 0 amide bonds. The molecule has 3 N–H and O–H groups in total. The third kappa shape index (κ3) is 3.75. The van der Waals surface area contributed by atoms with Crippen molar-refractivity contribution in [2.24, 2.45) is 16.6 Å². The monoisotopic (exact) mass is 307 g/mol. The highest BCUT2D eigenvalue weighted by molar-refractivity contribution is 5.78. The number of hydrogen-bond acceptors (Lipinski definition) is 4. The highest BCUT2D eigenvalue weighted by Gasteiger charge is 2.17. The molecule has 1 heterocycles. The lowest BCUT2D eigenvalue weighted by Gasteiger charge is -2.31. The van der Waals surface area contributed by atoms with Crippen LogP contribution in [0.15, 0.2) is 17.1 Å². The van der Waals surface area contributed by atoms with Gasteiger partial charge in [0.1, 0.15) is 0 Å². The van der Waals surface area contributed by atoms with E-state index in [4.69, 9.17) is 15.2 Å². The highest BCUT2D eigenvalue weighted by Crippen LogP contribution is 2.37. The molecule has 1 atom stereocenters. The molecule has 0 bridgehead atoms. The molecule has 1 aliphatic rings. The summed E-state index contributed by atoms with van der Waals surface area (Å²) in [5.41, 5.74) is 6.97. The van der Waals surface area contributed by atoms with E-state index in [0.29, 0.717) is 29.9 Å². The molecule has 22 heavy (non-hydrogen) atoms. The second-order valence-corrected chi connectivity index (χ2v) is 5.72. The number of aliphatic imine (C=N–C) groups is 1. The van der Waals surface area contributed by atoms with Gasteiger partial charge in [-0.05, 0) is 36.5 Å². The third-order valence-corrected chi connectivity index (χ3v) is 3.94.